The average Bonchev–Trinajstić information content (AvgIpc) is 3.14. The molecule has 2 bridgehead atoms. The molecule has 0 aromatic carbocycles. The predicted octanol–water partition coefficient (Wildman–Crippen LogP) is 4.85. The van der Waals surface area contributed by atoms with E-state index >= 15 is 0 Å². The van der Waals surface area contributed by atoms with E-state index in [-0.39, 0.29) is 12.3 Å². The third kappa shape index (κ3) is 3.26. The highest BCUT2D eigenvalue weighted by atomic mass is 19.4. The van der Waals surface area contributed by atoms with Crippen molar-refractivity contribution in [3.05, 3.63) is 12.2 Å². The van der Waals surface area contributed by atoms with Crippen LogP contribution in [0, 0.1) is 17.8 Å². The lowest BCUT2D eigenvalue weighted by Crippen LogP contribution is -2.67. The third-order valence-electron chi connectivity index (χ3n) is 4.58. The van der Waals surface area contributed by atoms with Gasteiger partial charge in [-0.3, -0.25) is 4.79 Å². The van der Waals surface area contributed by atoms with Gasteiger partial charge in [0.1, 0.15) is 0 Å². The summed E-state index contributed by atoms with van der Waals surface area (Å²) in [5.74, 6) is -31.3. The van der Waals surface area contributed by atoms with Gasteiger partial charge in [-0.25, -0.2) is 0 Å². The van der Waals surface area contributed by atoms with Gasteiger partial charge in [-0.1, -0.05) is 12.2 Å². The van der Waals surface area contributed by atoms with Gasteiger partial charge in [0.25, 0.3) is 0 Å². The van der Waals surface area contributed by atoms with Gasteiger partial charge in [0.2, 0.25) is 0 Å². The van der Waals surface area contributed by atoms with Gasteiger partial charge in [0, 0.05) is 0 Å². The quantitative estimate of drug-likeness (QED) is 0.349. The smallest absolute Gasteiger partial charge is 0.459 e. The van der Waals surface area contributed by atoms with E-state index in [1.54, 1.807) is 12.2 Å². The summed E-state index contributed by atoms with van der Waals surface area (Å²) >= 11 is 0. The highest BCUT2D eigenvalue weighted by Crippen LogP contribution is 2.57. The molecule has 2 nitrogen and oxygen atoms in total. The van der Waals surface area contributed by atoms with Crippen LogP contribution in [-0.4, -0.2) is 42.4 Å². The van der Waals surface area contributed by atoms with Crippen LogP contribution in [0.25, 0.3) is 0 Å². The maximum absolute atomic E-state index is 13.4. The molecule has 0 amide bonds. The molecule has 0 heterocycles. The van der Waals surface area contributed by atoms with Crippen molar-refractivity contribution in [3.63, 3.8) is 0 Å². The first-order valence-corrected chi connectivity index (χ1v) is 7.38. The van der Waals surface area contributed by atoms with Crippen molar-refractivity contribution >= 4 is 5.97 Å². The Morgan fingerprint density at radius 2 is 1.37 bits per heavy atom. The Morgan fingerprint density at radius 3 is 1.78 bits per heavy atom. The molecule has 2 aliphatic carbocycles. The Balaban J connectivity index is 2.13. The van der Waals surface area contributed by atoms with Crippen molar-refractivity contribution in [1.82, 2.24) is 0 Å². The normalized spacial score (nSPS) is 26.6. The molecule has 13 heteroatoms. The van der Waals surface area contributed by atoms with Crippen LogP contribution in [-0.2, 0) is 9.53 Å². The Hall–Kier alpha value is -1.56. The second-order valence-electron chi connectivity index (χ2n) is 6.42. The second kappa shape index (κ2) is 6.23. The van der Waals surface area contributed by atoms with Crippen molar-refractivity contribution in [3.8, 4) is 0 Å². The van der Waals surface area contributed by atoms with Gasteiger partial charge in [0.15, 0.2) is 6.61 Å². The molecule has 2 rings (SSSR count). The van der Waals surface area contributed by atoms with Crippen LogP contribution < -0.4 is 0 Å². The zero-order chi connectivity index (χ0) is 21.1. The predicted molar refractivity (Wildman–Crippen MR) is 65.6 cm³/mol. The van der Waals surface area contributed by atoms with Gasteiger partial charge < -0.3 is 4.74 Å². The molecule has 1 saturated carbocycles. The first-order chi connectivity index (χ1) is 12.0. The summed E-state index contributed by atoms with van der Waals surface area (Å²) in [5.41, 5.74) is 0. The lowest BCUT2D eigenvalue weighted by Gasteiger charge is -2.37. The van der Waals surface area contributed by atoms with E-state index in [0.29, 0.717) is 6.42 Å². The third-order valence-corrected chi connectivity index (χ3v) is 4.58. The zero-order valence-electron chi connectivity index (χ0n) is 13.0. The van der Waals surface area contributed by atoms with Gasteiger partial charge in [0.05, 0.1) is 5.92 Å². The lowest BCUT2D eigenvalue weighted by molar-refractivity contribution is -0.423. The van der Waals surface area contributed by atoms with Crippen LogP contribution in [0.5, 0.6) is 0 Å². The van der Waals surface area contributed by atoms with Crippen LogP contribution >= 0.6 is 0 Å². The number of carbonyl (C=O) groups is 1. The van der Waals surface area contributed by atoms with E-state index in [4.69, 9.17) is 0 Å². The summed E-state index contributed by atoms with van der Waals surface area (Å²) < 4.78 is 145. The van der Waals surface area contributed by atoms with Gasteiger partial charge >= 0.3 is 35.8 Å². The molecular formula is C14H11F11O2. The molecular weight excluding hydrogens is 409 g/mol. The molecule has 2 aliphatic rings. The fourth-order valence-corrected chi connectivity index (χ4v) is 3.02. The highest BCUT2D eigenvalue weighted by Gasteiger charge is 2.87. The highest BCUT2D eigenvalue weighted by molar-refractivity contribution is 5.74. The molecule has 0 aromatic heterocycles. The molecule has 0 N–H and O–H groups in total. The van der Waals surface area contributed by atoms with Crippen LogP contribution in [0.4, 0.5) is 48.3 Å². The van der Waals surface area contributed by atoms with Crippen LogP contribution in [0.3, 0.4) is 0 Å². The standard InChI is InChI=1S/C14H11F11O2/c15-10(16,5-27-9(26)8-4-6-1-2-7(8)3-6)11(17,18)12(19,20)13(21,22)14(23,24)25/h1-2,6-8H,3-5H2. The van der Waals surface area contributed by atoms with Gasteiger partial charge in [-0.15, -0.1) is 0 Å². The largest absolute Gasteiger partial charge is 0.460 e. The Morgan fingerprint density at radius 1 is 0.815 bits per heavy atom. The summed E-state index contributed by atoms with van der Waals surface area (Å²) in [6.45, 7) is -2.78. The maximum Gasteiger partial charge on any atom is 0.460 e. The molecule has 156 valence electrons. The van der Waals surface area contributed by atoms with E-state index in [1.165, 1.54) is 0 Å². The van der Waals surface area contributed by atoms with Crippen molar-refractivity contribution in [2.75, 3.05) is 6.61 Å². The van der Waals surface area contributed by atoms with Crippen molar-refractivity contribution in [2.24, 2.45) is 17.8 Å². The van der Waals surface area contributed by atoms with Crippen molar-refractivity contribution in [1.29, 1.82) is 0 Å². The number of carbonyl (C=O) groups excluding carboxylic acids is 1. The summed E-state index contributed by atoms with van der Waals surface area (Å²) in [4.78, 5) is 11.7. The van der Waals surface area contributed by atoms with Crippen LogP contribution in [0.15, 0.2) is 12.2 Å². The Bertz CT molecular complexity index is 623. The summed E-state index contributed by atoms with van der Waals surface area (Å²) in [5, 5.41) is 0. The number of rotatable bonds is 6. The number of allylic oxidation sites excluding steroid dienone is 2. The molecule has 3 atom stereocenters. The van der Waals surface area contributed by atoms with Crippen molar-refractivity contribution in [2.45, 2.75) is 42.7 Å². The van der Waals surface area contributed by atoms with E-state index in [9.17, 15) is 53.1 Å². The lowest BCUT2D eigenvalue weighted by atomic mass is 9.94. The molecule has 0 radical (unpaired) electrons. The van der Waals surface area contributed by atoms with E-state index in [2.05, 4.69) is 4.74 Å². The fraction of sp³-hybridized carbons (Fsp3) is 0.786. The van der Waals surface area contributed by atoms with Gasteiger partial charge in [-0.2, -0.15) is 48.3 Å². The Labute approximate surface area is 144 Å². The van der Waals surface area contributed by atoms with E-state index in [0.717, 1.165) is 0 Å². The monoisotopic (exact) mass is 420 g/mol. The molecule has 27 heavy (non-hydrogen) atoms. The van der Waals surface area contributed by atoms with Crippen LogP contribution in [0.2, 0.25) is 0 Å². The van der Waals surface area contributed by atoms with Gasteiger partial charge in [-0.05, 0) is 24.7 Å². The zero-order valence-corrected chi connectivity index (χ0v) is 13.0. The number of fused-ring (bicyclic) bond motifs is 2. The number of ether oxygens (including phenoxy) is 1. The SMILES string of the molecule is O=C(OCC(F)(F)C(F)(F)C(F)(F)C(F)(F)C(F)(F)F)C1CC2C=CC1C2. The number of hydrogen-bond acceptors (Lipinski definition) is 2. The van der Waals surface area contributed by atoms with Crippen molar-refractivity contribution < 1.29 is 57.8 Å². The minimum atomic E-state index is -7.50. The second-order valence-corrected chi connectivity index (χ2v) is 6.42. The summed E-state index contributed by atoms with van der Waals surface area (Å²) in [7, 11) is 0. The van der Waals surface area contributed by atoms with E-state index < -0.39 is 54.3 Å². The van der Waals surface area contributed by atoms with E-state index in [1.807, 2.05) is 0 Å². The fourth-order valence-electron chi connectivity index (χ4n) is 3.02. The minimum Gasteiger partial charge on any atom is -0.459 e. The molecule has 0 saturated heterocycles. The minimum absolute atomic E-state index is 0.0793. The number of halogens is 11. The molecule has 3 unspecified atom stereocenters. The topological polar surface area (TPSA) is 26.3 Å². The number of esters is 1. The summed E-state index contributed by atoms with van der Waals surface area (Å²) in [6, 6.07) is 0. The number of alkyl halides is 11. The first-order valence-electron chi connectivity index (χ1n) is 7.38. The molecule has 0 spiro atoms. The molecule has 1 fully saturated rings. The maximum atomic E-state index is 13.4. The summed E-state index contributed by atoms with van der Waals surface area (Å²) in [6.07, 6.45) is -3.36. The average molecular weight is 420 g/mol. The Kier molecular flexibility index (Phi) is 5.01. The van der Waals surface area contributed by atoms with Crippen LogP contribution in [0.1, 0.15) is 12.8 Å². The number of hydrogen-bond donors (Lipinski definition) is 0. The first kappa shape index (κ1) is 21.7. The molecule has 0 aliphatic heterocycles. The molecule has 0 aromatic rings.